The summed E-state index contributed by atoms with van der Waals surface area (Å²) in [6.45, 7) is 7.47. The molecule has 2 aromatic carbocycles. The molecule has 1 aliphatic rings. The molecule has 8 nitrogen and oxygen atoms in total. The van der Waals surface area contributed by atoms with Gasteiger partial charge in [-0.1, -0.05) is 56.7 Å². The monoisotopic (exact) mass is 515 g/mol. The van der Waals surface area contributed by atoms with Crippen LogP contribution in [0.5, 0.6) is 5.75 Å². The molecule has 4 rings (SSSR count). The molecule has 0 radical (unpaired) electrons. The van der Waals surface area contributed by atoms with Gasteiger partial charge in [0.15, 0.2) is 5.82 Å². The largest absolute Gasteiger partial charge is 0.497 e. The van der Waals surface area contributed by atoms with Crippen molar-refractivity contribution in [2.24, 2.45) is 5.92 Å². The molecule has 1 fully saturated rings. The predicted molar refractivity (Wildman–Crippen MR) is 149 cm³/mol. The summed E-state index contributed by atoms with van der Waals surface area (Å²) < 4.78 is 5.29. The molecule has 0 aliphatic carbocycles. The van der Waals surface area contributed by atoms with Crippen LogP contribution in [-0.2, 0) is 4.79 Å². The van der Waals surface area contributed by atoms with Crippen LogP contribution in [0.25, 0.3) is 11.3 Å². The maximum atomic E-state index is 13.4. The minimum atomic E-state index is -0.150. The molecule has 3 aromatic rings. The third-order valence-electron chi connectivity index (χ3n) is 7.05. The standard InChI is InChI=1S/C30H37N5O3/c1-4-23(2)21-35(30(37)25-12-8-13-26(20-25)38-3)22-29(36)34-17-9-16-33(18-19-34)28-15-14-27(31-32-28)24-10-6-5-7-11-24/h5-8,10-15,20,23H,4,9,16-19,21-22H2,1-3H3/t23-/m1/s1. The molecule has 2 amide bonds. The van der Waals surface area contributed by atoms with Crippen molar-refractivity contribution in [2.45, 2.75) is 26.7 Å². The molecule has 1 saturated heterocycles. The summed E-state index contributed by atoms with van der Waals surface area (Å²) >= 11 is 0. The minimum absolute atomic E-state index is 0.0306. The zero-order chi connectivity index (χ0) is 26.9. The minimum Gasteiger partial charge on any atom is -0.497 e. The second kappa shape index (κ2) is 13.0. The van der Waals surface area contributed by atoms with E-state index in [1.165, 1.54) is 0 Å². The van der Waals surface area contributed by atoms with E-state index in [4.69, 9.17) is 4.74 Å². The first-order chi connectivity index (χ1) is 18.5. The Morgan fingerprint density at radius 1 is 0.974 bits per heavy atom. The SMILES string of the molecule is CC[C@@H](C)CN(CC(=O)N1CCCN(c2ccc(-c3ccccc3)nn2)CC1)C(=O)c1cccc(OC)c1. The summed E-state index contributed by atoms with van der Waals surface area (Å²) in [5.74, 6) is 1.54. The maximum absolute atomic E-state index is 13.4. The summed E-state index contributed by atoms with van der Waals surface area (Å²) in [6, 6.07) is 21.1. The van der Waals surface area contributed by atoms with E-state index in [-0.39, 0.29) is 24.3 Å². The predicted octanol–water partition coefficient (Wildman–Crippen LogP) is 4.38. The molecule has 1 atom stereocenters. The smallest absolute Gasteiger partial charge is 0.254 e. The fraction of sp³-hybridized carbons (Fsp3) is 0.400. The van der Waals surface area contributed by atoms with Crippen LogP contribution >= 0.6 is 0 Å². The van der Waals surface area contributed by atoms with Gasteiger partial charge in [-0.2, -0.15) is 0 Å². The second-order valence-corrected chi connectivity index (χ2v) is 9.80. The van der Waals surface area contributed by atoms with Gasteiger partial charge in [0.25, 0.3) is 5.91 Å². The van der Waals surface area contributed by atoms with Gasteiger partial charge in [0.2, 0.25) is 5.91 Å². The molecular formula is C30H37N5O3. The normalized spacial score (nSPS) is 14.5. The van der Waals surface area contributed by atoms with Crippen LogP contribution in [0, 0.1) is 5.92 Å². The van der Waals surface area contributed by atoms with Crippen molar-refractivity contribution >= 4 is 17.6 Å². The Morgan fingerprint density at radius 2 is 1.79 bits per heavy atom. The van der Waals surface area contributed by atoms with Gasteiger partial charge >= 0.3 is 0 Å². The van der Waals surface area contributed by atoms with E-state index in [1.807, 2.05) is 53.4 Å². The highest BCUT2D eigenvalue weighted by atomic mass is 16.5. The number of ether oxygens (including phenoxy) is 1. The van der Waals surface area contributed by atoms with Crippen molar-refractivity contribution in [3.63, 3.8) is 0 Å². The van der Waals surface area contributed by atoms with Crippen LogP contribution in [-0.4, -0.2) is 78.2 Å². The average Bonchev–Trinajstić information content (AvgIpc) is 3.23. The Hall–Kier alpha value is -3.94. The number of anilines is 1. The fourth-order valence-corrected chi connectivity index (χ4v) is 4.58. The molecule has 0 spiro atoms. The third-order valence-corrected chi connectivity index (χ3v) is 7.05. The van der Waals surface area contributed by atoms with E-state index in [1.54, 1.807) is 30.2 Å². The lowest BCUT2D eigenvalue weighted by Crippen LogP contribution is -2.45. The topological polar surface area (TPSA) is 78.9 Å². The Kier molecular flexibility index (Phi) is 9.30. The first kappa shape index (κ1) is 27.1. The van der Waals surface area contributed by atoms with E-state index in [2.05, 4.69) is 28.9 Å². The quantitative estimate of drug-likeness (QED) is 0.421. The number of benzene rings is 2. The number of carbonyl (C=O) groups excluding carboxylic acids is 2. The lowest BCUT2D eigenvalue weighted by molar-refractivity contribution is -0.131. The molecule has 38 heavy (non-hydrogen) atoms. The summed E-state index contributed by atoms with van der Waals surface area (Å²) in [7, 11) is 1.58. The van der Waals surface area contributed by atoms with Crippen molar-refractivity contribution in [1.82, 2.24) is 20.0 Å². The molecular weight excluding hydrogens is 478 g/mol. The zero-order valence-electron chi connectivity index (χ0n) is 22.5. The Balaban J connectivity index is 1.40. The summed E-state index contributed by atoms with van der Waals surface area (Å²) in [6.07, 6.45) is 1.75. The number of rotatable bonds is 9. The van der Waals surface area contributed by atoms with Crippen LogP contribution in [0.3, 0.4) is 0 Å². The first-order valence-electron chi connectivity index (χ1n) is 13.3. The summed E-state index contributed by atoms with van der Waals surface area (Å²) in [4.78, 5) is 32.5. The van der Waals surface area contributed by atoms with Crippen LogP contribution < -0.4 is 9.64 Å². The van der Waals surface area contributed by atoms with Gasteiger partial charge in [-0.3, -0.25) is 9.59 Å². The van der Waals surface area contributed by atoms with E-state index in [0.717, 1.165) is 36.5 Å². The lowest BCUT2D eigenvalue weighted by atomic mass is 10.1. The molecule has 200 valence electrons. The molecule has 8 heteroatoms. The van der Waals surface area contributed by atoms with E-state index in [0.29, 0.717) is 37.5 Å². The zero-order valence-corrected chi connectivity index (χ0v) is 22.5. The highest BCUT2D eigenvalue weighted by molar-refractivity contribution is 5.96. The van der Waals surface area contributed by atoms with Crippen LogP contribution in [0.1, 0.15) is 37.0 Å². The number of aromatic nitrogens is 2. The van der Waals surface area contributed by atoms with Crippen molar-refractivity contribution in [3.8, 4) is 17.0 Å². The van der Waals surface area contributed by atoms with Gasteiger partial charge in [0, 0.05) is 43.9 Å². The van der Waals surface area contributed by atoms with Gasteiger partial charge in [-0.15, -0.1) is 10.2 Å². The van der Waals surface area contributed by atoms with Crippen molar-refractivity contribution < 1.29 is 14.3 Å². The van der Waals surface area contributed by atoms with Gasteiger partial charge in [-0.25, -0.2) is 0 Å². The molecule has 1 aromatic heterocycles. The molecule has 1 aliphatic heterocycles. The third kappa shape index (κ3) is 6.88. The van der Waals surface area contributed by atoms with Gasteiger partial charge in [0.1, 0.15) is 12.3 Å². The Morgan fingerprint density at radius 3 is 2.50 bits per heavy atom. The molecule has 0 bridgehead atoms. The number of carbonyl (C=O) groups is 2. The number of nitrogens with zero attached hydrogens (tertiary/aromatic N) is 5. The van der Waals surface area contributed by atoms with Crippen LogP contribution in [0.4, 0.5) is 5.82 Å². The molecule has 0 unspecified atom stereocenters. The number of amides is 2. The van der Waals surface area contributed by atoms with Gasteiger partial charge < -0.3 is 19.4 Å². The number of hydrogen-bond donors (Lipinski definition) is 0. The van der Waals surface area contributed by atoms with Crippen molar-refractivity contribution in [3.05, 3.63) is 72.3 Å². The fourth-order valence-electron chi connectivity index (χ4n) is 4.58. The molecule has 0 saturated carbocycles. The van der Waals surface area contributed by atoms with Gasteiger partial charge in [0.05, 0.1) is 12.8 Å². The van der Waals surface area contributed by atoms with Crippen molar-refractivity contribution in [1.29, 1.82) is 0 Å². The van der Waals surface area contributed by atoms with E-state index >= 15 is 0 Å². The summed E-state index contributed by atoms with van der Waals surface area (Å²) in [5, 5.41) is 8.88. The number of hydrogen-bond acceptors (Lipinski definition) is 6. The van der Waals surface area contributed by atoms with Crippen molar-refractivity contribution in [2.75, 3.05) is 51.3 Å². The highest BCUT2D eigenvalue weighted by Gasteiger charge is 2.26. The average molecular weight is 516 g/mol. The second-order valence-electron chi connectivity index (χ2n) is 9.80. The Bertz CT molecular complexity index is 1200. The van der Waals surface area contributed by atoms with Gasteiger partial charge in [-0.05, 0) is 42.7 Å². The van der Waals surface area contributed by atoms with E-state index < -0.39 is 0 Å². The maximum Gasteiger partial charge on any atom is 0.254 e. The lowest BCUT2D eigenvalue weighted by Gasteiger charge is -2.29. The highest BCUT2D eigenvalue weighted by Crippen LogP contribution is 2.20. The number of methoxy groups -OCH3 is 1. The summed E-state index contributed by atoms with van der Waals surface area (Å²) in [5.41, 5.74) is 2.40. The molecule has 0 N–H and O–H groups in total. The van der Waals surface area contributed by atoms with E-state index in [9.17, 15) is 9.59 Å². The Labute approximate surface area is 225 Å². The van der Waals surface area contributed by atoms with Crippen LogP contribution in [0.2, 0.25) is 0 Å². The molecule has 2 heterocycles. The van der Waals surface area contributed by atoms with Crippen LogP contribution in [0.15, 0.2) is 66.7 Å². The first-order valence-corrected chi connectivity index (χ1v) is 13.3.